The summed E-state index contributed by atoms with van der Waals surface area (Å²) in [6.45, 7) is 4.14. The molecule has 112 valence electrons. The Hall–Kier alpha value is -0.900. The summed E-state index contributed by atoms with van der Waals surface area (Å²) in [6, 6.07) is 9.33. The Kier molecular flexibility index (Phi) is 5.42. The summed E-state index contributed by atoms with van der Waals surface area (Å²) in [5.41, 5.74) is 4.37. The van der Waals surface area contributed by atoms with Crippen LogP contribution in [-0.2, 0) is 6.42 Å². The maximum atomic E-state index is 13.6. The van der Waals surface area contributed by atoms with Crippen LogP contribution in [0.3, 0.4) is 0 Å². The van der Waals surface area contributed by atoms with E-state index in [2.05, 4.69) is 47.2 Å². The van der Waals surface area contributed by atoms with Crippen LogP contribution in [0.4, 0.5) is 4.39 Å². The highest BCUT2D eigenvalue weighted by molar-refractivity contribution is 9.10. The fraction of sp³-hybridized carbons (Fsp3) is 0.294. The Balaban J connectivity index is 2.34. The molecule has 0 bridgehead atoms. The molecule has 0 saturated heterocycles. The molecule has 4 heteroatoms. The smallest absolute Gasteiger partial charge is 0.142 e. The van der Waals surface area contributed by atoms with E-state index < -0.39 is 0 Å². The van der Waals surface area contributed by atoms with Crippen molar-refractivity contribution in [3.05, 3.63) is 67.9 Å². The van der Waals surface area contributed by atoms with Crippen LogP contribution < -0.4 is 5.32 Å². The van der Waals surface area contributed by atoms with Gasteiger partial charge in [-0.2, -0.15) is 0 Å². The van der Waals surface area contributed by atoms with E-state index in [9.17, 15) is 4.39 Å². The van der Waals surface area contributed by atoms with E-state index in [-0.39, 0.29) is 16.9 Å². The predicted molar refractivity (Wildman–Crippen MR) is 90.5 cm³/mol. The van der Waals surface area contributed by atoms with Gasteiger partial charge in [0, 0.05) is 10.5 Å². The Labute approximate surface area is 138 Å². The highest BCUT2D eigenvalue weighted by atomic mass is 79.9. The lowest BCUT2D eigenvalue weighted by molar-refractivity contribution is 0.583. The summed E-state index contributed by atoms with van der Waals surface area (Å²) in [5.74, 6) is -0.368. The van der Waals surface area contributed by atoms with Crippen molar-refractivity contribution in [3.8, 4) is 0 Å². The SMILES string of the molecule is CNC(Cc1cccc(F)c1Cl)c1cc(C)c(Br)c(C)c1. The Morgan fingerprint density at radius 3 is 2.43 bits per heavy atom. The van der Waals surface area contributed by atoms with Gasteiger partial charge in [-0.1, -0.05) is 51.8 Å². The molecule has 2 aromatic rings. The minimum absolute atomic E-state index is 0.0924. The summed E-state index contributed by atoms with van der Waals surface area (Å²) >= 11 is 9.64. The second kappa shape index (κ2) is 6.91. The minimum Gasteiger partial charge on any atom is -0.313 e. The topological polar surface area (TPSA) is 12.0 Å². The molecule has 1 unspecified atom stereocenters. The zero-order valence-electron chi connectivity index (χ0n) is 12.3. The fourth-order valence-corrected chi connectivity index (χ4v) is 2.93. The van der Waals surface area contributed by atoms with E-state index in [4.69, 9.17) is 11.6 Å². The first-order valence-electron chi connectivity index (χ1n) is 6.80. The molecule has 0 amide bonds. The van der Waals surface area contributed by atoms with Crippen LogP contribution in [0.5, 0.6) is 0 Å². The van der Waals surface area contributed by atoms with Crippen LogP contribution in [0.25, 0.3) is 0 Å². The molecule has 0 heterocycles. The Morgan fingerprint density at radius 1 is 1.24 bits per heavy atom. The van der Waals surface area contributed by atoms with Crippen molar-refractivity contribution in [3.63, 3.8) is 0 Å². The number of rotatable bonds is 4. The van der Waals surface area contributed by atoms with E-state index in [0.717, 1.165) is 10.0 Å². The lowest BCUT2D eigenvalue weighted by Crippen LogP contribution is -2.19. The van der Waals surface area contributed by atoms with Gasteiger partial charge in [0.25, 0.3) is 0 Å². The van der Waals surface area contributed by atoms with Gasteiger partial charge >= 0.3 is 0 Å². The van der Waals surface area contributed by atoms with Crippen LogP contribution in [0.15, 0.2) is 34.8 Å². The maximum absolute atomic E-state index is 13.6. The summed E-state index contributed by atoms with van der Waals surface area (Å²) in [4.78, 5) is 0. The highest BCUT2D eigenvalue weighted by Gasteiger charge is 2.15. The van der Waals surface area contributed by atoms with Crippen LogP contribution in [0.2, 0.25) is 5.02 Å². The summed E-state index contributed by atoms with van der Waals surface area (Å²) in [5, 5.41) is 3.50. The average Bonchev–Trinajstić information content (AvgIpc) is 2.46. The quantitative estimate of drug-likeness (QED) is 0.764. The molecule has 0 aromatic heterocycles. The summed E-state index contributed by atoms with van der Waals surface area (Å²) < 4.78 is 14.7. The molecule has 2 aromatic carbocycles. The molecule has 0 aliphatic heterocycles. The lowest BCUT2D eigenvalue weighted by Gasteiger charge is -2.19. The van der Waals surface area contributed by atoms with Crippen molar-refractivity contribution < 1.29 is 4.39 Å². The Bertz CT molecular complexity index is 634. The zero-order chi connectivity index (χ0) is 15.6. The first kappa shape index (κ1) is 16.5. The number of likely N-dealkylation sites (N-methyl/N-ethyl adjacent to an activating group) is 1. The van der Waals surface area contributed by atoms with E-state index in [1.54, 1.807) is 6.07 Å². The van der Waals surface area contributed by atoms with E-state index in [1.807, 2.05) is 13.1 Å². The molecular formula is C17H18BrClFN. The largest absolute Gasteiger partial charge is 0.313 e. The number of aryl methyl sites for hydroxylation is 2. The fourth-order valence-electron chi connectivity index (χ4n) is 2.49. The molecule has 0 fully saturated rings. The summed E-state index contributed by atoms with van der Waals surface area (Å²) in [7, 11) is 1.91. The maximum Gasteiger partial charge on any atom is 0.142 e. The molecule has 21 heavy (non-hydrogen) atoms. The van der Waals surface area contributed by atoms with Crippen LogP contribution in [0, 0.1) is 19.7 Å². The molecule has 0 radical (unpaired) electrons. The van der Waals surface area contributed by atoms with E-state index >= 15 is 0 Å². The second-order valence-electron chi connectivity index (χ2n) is 5.23. The monoisotopic (exact) mass is 369 g/mol. The van der Waals surface area contributed by atoms with Gasteiger partial charge < -0.3 is 5.32 Å². The second-order valence-corrected chi connectivity index (χ2v) is 6.40. The van der Waals surface area contributed by atoms with Gasteiger partial charge in [-0.3, -0.25) is 0 Å². The van der Waals surface area contributed by atoms with Gasteiger partial charge in [0.1, 0.15) is 5.82 Å². The lowest BCUT2D eigenvalue weighted by atomic mass is 9.96. The van der Waals surface area contributed by atoms with Crippen molar-refractivity contribution in [1.29, 1.82) is 0 Å². The standard InChI is InChI=1S/C17H18BrClFN/c1-10-7-13(8-11(2)16(10)18)15(21-3)9-12-5-4-6-14(20)17(12)19/h4-8,15,21H,9H2,1-3H3. The van der Waals surface area contributed by atoms with Gasteiger partial charge in [0.15, 0.2) is 0 Å². The molecule has 0 spiro atoms. The molecule has 1 nitrogen and oxygen atoms in total. The van der Waals surface area contributed by atoms with Crippen LogP contribution in [0.1, 0.15) is 28.3 Å². The van der Waals surface area contributed by atoms with Gasteiger partial charge in [-0.25, -0.2) is 4.39 Å². The number of nitrogens with one attached hydrogen (secondary N) is 1. The highest BCUT2D eigenvalue weighted by Crippen LogP contribution is 2.29. The molecular weight excluding hydrogens is 353 g/mol. The molecule has 1 atom stereocenters. The average molecular weight is 371 g/mol. The van der Waals surface area contributed by atoms with Crippen LogP contribution in [-0.4, -0.2) is 7.05 Å². The number of hydrogen-bond donors (Lipinski definition) is 1. The van der Waals surface area contributed by atoms with E-state index in [1.165, 1.54) is 22.8 Å². The third-order valence-corrected chi connectivity index (χ3v) is 5.34. The van der Waals surface area contributed by atoms with Crippen LogP contribution >= 0.6 is 27.5 Å². The van der Waals surface area contributed by atoms with Crippen molar-refractivity contribution in [2.75, 3.05) is 7.05 Å². The molecule has 2 rings (SSSR count). The van der Waals surface area contributed by atoms with Crippen molar-refractivity contribution in [2.45, 2.75) is 26.3 Å². The zero-order valence-corrected chi connectivity index (χ0v) is 14.6. The van der Waals surface area contributed by atoms with E-state index in [0.29, 0.717) is 6.42 Å². The Morgan fingerprint density at radius 2 is 1.86 bits per heavy atom. The first-order chi connectivity index (χ1) is 9.93. The van der Waals surface area contributed by atoms with Gasteiger partial charge in [-0.15, -0.1) is 0 Å². The third kappa shape index (κ3) is 3.65. The third-order valence-electron chi connectivity index (χ3n) is 3.67. The van der Waals surface area contributed by atoms with Crippen molar-refractivity contribution in [1.82, 2.24) is 5.32 Å². The molecule has 1 N–H and O–H groups in total. The molecule has 0 aliphatic rings. The normalized spacial score (nSPS) is 12.5. The van der Waals surface area contributed by atoms with Crippen molar-refractivity contribution in [2.24, 2.45) is 0 Å². The minimum atomic E-state index is -0.368. The van der Waals surface area contributed by atoms with Gasteiger partial charge in [-0.05, 0) is 55.6 Å². The molecule has 0 aliphatic carbocycles. The predicted octanol–water partition coefficient (Wildman–Crippen LogP) is 5.36. The van der Waals surface area contributed by atoms with Gasteiger partial charge in [0.05, 0.1) is 5.02 Å². The number of hydrogen-bond acceptors (Lipinski definition) is 1. The summed E-state index contributed by atoms with van der Waals surface area (Å²) in [6.07, 6.45) is 0.646. The van der Waals surface area contributed by atoms with Crippen molar-refractivity contribution >= 4 is 27.5 Å². The van der Waals surface area contributed by atoms with Gasteiger partial charge in [0.2, 0.25) is 0 Å². The number of benzene rings is 2. The first-order valence-corrected chi connectivity index (χ1v) is 7.98. The number of halogens is 3. The molecule has 0 saturated carbocycles.